The molecule has 0 saturated heterocycles. The Kier molecular flexibility index (Phi) is 4.52. The van der Waals surface area contributed by atoms with Crippen molar-refractivity contribution in [1.82, 2.24) is 5.32 Å². The number of carbonyl (C=O) groups is 2. The van der Waals surface area contributed by atoms with Gasteiger partial charge in [0.1, 0.15) is 5.82 Å². The molecule has 0 radical (unpaired) electrons. The number of rotatable bonds is 4. The second kappa shape index (κ2) is 7.13. The lowest BCUT2D eigenvalue weighted by Crippen LogP contribution is -2.17. The molecule has 0 bridgehead atoms. The van der Waals surface area contributed by atoms with Crippen molar-refractivity contribution < 1.29 is 14.0 Å². The van der Waals surface area contributed by atoms with Gasteiger partial charge in [0, 0.05) is 29.9 Å². The van der Waals surface area contributed by atoms with E-state index in [0.29, 0.717) is 11.3 Å². The highest BCUT2D eigenvalue weighted by Gasteiger charge is 2.19. The Morgan fingerprint density at radius 3 is 2.33 bits per heavy atom. The minimum Gasteiger partial charge on any atom is -0.322 e. The van der Waals surface area contributed by atoms with Crippen molar-refractivity contribution in [2.75, 3.05) is 5.32 Å². The SMILES string of the molecule is O=C(Nc1ccc2c(c1)CNC2)c1ccccc1C(=O)c1ccc(F)cc1. The molecule has 1 aliphatic rings. The van der Waals surface area contributed by atoms with Crippen molar-refractivity contribution in [3.63, 3.8) is 0 Å². The summed E-state index contributed by atoms with van der Waals surface area (Å²) in [6.45, 7) is 1.61. The van der Waals surface area contributed by atoms with Gasteiger partial charge in [0.15, 0.2) is 5.78 Å². The van der Waals surface area contributed by atoms with Crippen LogP contribution >= 0.6 is 0 Å². The van der Waals surface area contributed by atoms with Crippen LogP contribution in [0.3, 0.4) is 0 Å². The Bertz CT molecular complexity index is 1030. The molecule has 4 rings (SSSR count). The second-order valence-electron chi connectivity index (χ2n) is 6.42. The monoisotopic (exact) mass is 360 g/mol. The summed E-state index contributed by atoms with van der Waals surface area (Å²) in [5.74, 6) is -1.09. The summed E-state index contributed by atoms with van der Waals surface area (Å²) in [6.07, 6.45) is 0. The van der Waals surface area contributed by atoms with Gasteiger partial charge in [-0.1, -0.05) is 24.3 Å². The summed E-state index contributed by atoms with van der Waals surface area (Å²) < 4.78 is 13.1. The fraction of sp³-hybridized carbons (Fsp3) is 0.0909. The number of amides is 1. The largest absolute Gasteiger partial charge is 0.322 e. The number of ketones is 1. The molecule has 4 nitrogen and oxygen atoms in total. The first-order valence-corrected chi connectivity index (χ1v) is 8.65. The molecule has 0 saturated carbocycles. The minimum absolute atomic E-state index is 0.282. The molecular weight excluding hydrogens is 343 g/mol. The van der Waals surface area contributed by atoms with Crippen molar-refractivity contribution in [3.8, 4) is 0 Å². The highest BCUT2D eigenvalue weighted by atomic mass is 19.1. The maximum absolute atomic E-state index is 13.1. The van der Waals surface area contributed by atoms with E-state index < -0.39 is 5.82 Å². The van der Waals surface area contributed by atoms with Crippen LogP contribution in [-0.4, -0.2) is 11.7 Å². The van der Waals surface area contributed by atoms with Crippen molar-refractivity contribution in [2.24, 2.45) is 0 Å². The predicted molar refractivity (Wildman–Crippen MR) is 101 cm³/mol. The molecule has 5 heteroatoms. The molecule has 0 atom stereocenters. The molecule has 3 aromatic carbocycles. The smallest absolute Gasteiger partial charge is 0.256 e. The quantitative estimate of drug-likeness (QED) is 0.694. The molecular formula is C22H17FN2O2. The van der Waals surface area contributed by atoms with Crippen LogP contribution in [0.1, 0.15) is 37.4 Å². The number of hydrogen-bond donors (Lipinski definition) is 2. The normalized spacial score (nSPS) is 12.5. The van der Waals surface area contributed by atoms with Crippen LogP contribution < -0.4 is 10.6 Å². The summed E-state index contributed by atoms with van der Waals surface area (Å²) in [5.41, 5.74) is 3.96. The molecule has 0 aromatic heterocycles. The molecule has 134 valence electrons. The Morgan fingerprint density at radius 1 is 0.852 bits per heavy atom. The lowest BCUT2D eigenvalue weighted by Gasteiger charge is -2.11. The zero-order chi connectivity index (χ0) is 18.8. The third-order valence-electron chi connectivity index (χ3n) is 4.62. The van der Waals surface area contributed by atoms with Crippen LogP contribution in [0.15, 0.2) is 66.7 Å². The van der Waals surface area contributed by atoms with Gasteiger partial charge in [-0.3, -0.25) is 9.59 Å². The number of nitrogens with one attached hydrogen (secondary N) is 2. The van der Waals surface area contributed by atoms with Gasteiger partial charge in [-0.2, -0.15) is 0 Å². The van der Waals surface area contributed by atoms with Crippen LogP contribution in [0.2, 0.25) is 0 Å². The van der Waals surface area contributed by atoms with Crippen LogP contribution in [0.5, 0.6) is 0 Å². The van der Waals surface area contributed by atoms with Gasteiger partial charge >= 0.3 is 0 Å². The van der Waals surface area contributed by atoms with E-state index >= 15 is 0 Å². The van der Waals surface area contributed by atoms with E-state index in [1.165, 1.54) is 29.8 Å². The standard InChI is InChI=1S/C22H17FN2O2/c23-17-8-5-14(6-9-17)21(26)19-3-1-2-4-20(19)22(27)25-18-10-7-15-12-24-13-16(15)11-18/h1-11,24H,12-13H2,(H,25,27). The number of fused-ring (bicyclic) bond motifs is 1. The summed E-state index contributed by atoms with van der Waals surface area (Å²) >= 11 is 0. The number of benzene rings is 3. The fourth-order valence-electron chi connectivity index (χ4n) is 3.21. The maximum Gasteiger partial charge on any atom is 0.256 e. The lowest BCUT2D eigenvalue weighted by atomic mass is 9.97. The third kappa shape index (κ3) is 3.50. The van der Waals surface area contributed by atoms with Gasteiger partial charge in [0.25, 0.3) is 5.91 Å². The molecule has 1 aliphatic heterocycles. The van der Waals surface area contributed by atoms with Gasteiger partial charge in [0.2, 0.25) is 0 Å². The number of halogens is 1. The number of hydrogen-bond acceptors (Lipinski definition) is 3. The van der Waals surface area contributed by atoms with Gasteiger partial charge in [0.05, 0.1) is 5.56 Å². The number of carbonyl (C=O) groups excluding carboxylic acids is 2. The predicted octanol–water partition coefficient (Wildman–Crippen LogP) is 3.91. The maximum atomic E-state index is 13.1. The molecule has 0 aliphatic carbocycles. The lowest BCUT2D eigenvalue weighted by molar-refractivity contribution is 0.0996. The van der Waals surface area contributed by atoms with Crippen LogP contribution in [0, 0.1) is 5.82 Å². The van der Waals surface area contributed by atoms with E-state index in [4.69, 9.17) is 0 Å². The minimum atomic E-state index is -0.413. The second-order valence-corrected chi connectivity index (χ2v) is 6.42. The summed E-state index contributed by atoms with van der Waals surface area (Å²) in [5, 5.41) is 6.13. The zero-order valence-corrected chi connectivity index (χ0v) is 14.5. The average Bonchev–Trinajstić information content (AvgIpc) is 3.16. The van der Waals surface area contributed by atoms with E-state index in [1.54, 1.807) is 24.3 Å². The Hall–Kier alpha value is -3.31. The van der Waals surface area contributed by atoms with Crippen molar-refractivity contribution in [3.05, 3.63) is 100 Å². The molecule has 2 N–H and O–H groups in total. The molecule has 27 heavy (non-hydrogen) atoms. The molecule has 3 aromatic rings. The van der Waals surface area contributed by atoms with E-state index in [2.05, 4.69) is 10.6 Å². The molecule has 0 fully saturated rings. The first kappa shape index (κ1) is 17.1. The summed E-state index contributed by atoms with van der Waals surface area (Å²) in [6, 6.07) is 17.7. The first-order chi connectivity index (χ1) is 13.1. The Balaban J connectivity index is 1.61. The van der Waals surface area contributed by atoms with E-state index in [1.807, 2.05) is 18.2 Å². The van der Waals surface area contributed by atoms with Crippen molar-refractivity contribution >= 4 is 17.4 Å². The van der Waals surface area contributed by atoms with Gasteiger partial charge < -0.3 is 10.6 Å². The van der Waals surface area contributed by atoms with E-state index in [9.17, 15) is 14.0 Å². The van der Waals surface area contributed by atoms with Crippen LogP contribution in [0.25, 0.3) is 0 Å². The topological polar surface area (TPSA) is 58.2 Å². The average molecular weight is 360 g/mol. The van der Waals surface area contributed by atoms with Crippen LogP contribution in [-0.2, 0) is 13.1 Å². The van der Waals surface area contributed by atoms with Gasteiger partial charge in [-0.15, -0.1) is 0 Å². The van der Waals surface area contributed by atoms with Gasteiger partial charge in [-0.25, -0.2) is 4.39 Å². The third-order valence-corrected chi connectivity index (χ3v) is 4.62. The van der Waals surface area contributed by atoms with Crippen LogP contribution in [0.4, 0.5) is 10.1 Å². The van der Waals surface area contributed by atoms with Gasteiger partial charge in [-0.05, 0) is 53.6 Å². The Labute approximate surface area is 156 Å². The van der Waals surface area contributed by atoms with E-state index in [-0.39, 0.29) is 22.8 Å². The van der Waals surface area contributed by atoms with Crippen molar-refractivity contribution in [2.45, 2.75) is 13.1 Å². The molecule has 0 spiro atoms. The fourth-order valence-corrected chi connectivity index (χ4v) is 3.21. The summed E-state index contributed by atoms with van der Waals surface area (Å²) in [4.78, 5) is 25.6. The molecule has 1 amide bonds. The Morgan fingerprint density at radius 2 is 1.56 bits per heavy atom. The summed E-state index contributed by atoms with van der Waals surface area (Å²) in [7, 11) is 0. The highest BCUT2D eigenvalue weighted by Crippen LogP contribution is 2.22. The van der Waals surface area contributed by atoms with Crippen molar-refractivity contribution in [1.29, 1.82) is 0 Å². The first-order valence-electron chi connectivity index (χ1n) is 8.65. The molecule has 1 heterocycles. The number of anilines is 1. The van der Waals surface area contributed by atoms with E-state index in [0.717, 1.165) is 18.7 Å². The highest BCUT2D eigenvalue weighted by molar-refractivity contribution is 6.17. The zero-order valence-electron chi connectivity index (χ0n) is 14.5. The molecule has 0 unspecified atom stereocenters.